The van der Waals surface area contributed by atoms with E-state index < -0.39 is 16.6 Å². The van der Waals surface area contributed by atoms with E-state index in [2.05, 4.69) is 26.2 Å². The molecule has 0 bridgehead atoms. The Bertz CT molecular complexity index is 661. The molecule has 9 heteroatoms. The summed E-state index contributed by atoms with van der Waals surface area (Å²) in [6.07, 6.45) is 1.03. The number of halogens is 2. The number of aromatic nitrogens is 1. The number of carbonyl (C=O) groups excluding carboxylic acids is 1. The molecule has 0 saturated heterocycles. The Morgan fingerprint density at radius 1 is 1.53 bits per heavy atom. The predicted molar refractivity (Wildman–Crippen MR) is 70.8 cm³/mol. The van der Waals surface area contributed by atoms with Crippen LogP contribution in [0.5, 0.6) is 0 Å². The van der Waals surface area contributed by atoms with Crippen molar-refractivity contribution in [2.45, 2.75) is 0 Å². The molecule has 0 aliphatic rings. The van der Waals surface area contributed by atoms with E-state index in [1.807, 2.05) is 0 Å². The Morgan fingerprint density at radius 3 is 2.89 bits per heavy atom. The number of hydrogen-bond donors (Lipinski definition) is 1. The summed E-state index contributed by atoms with van der Waals surface area (Å²) in [7, 11) is 0. The quantitative estimate of drug-likeness (QED) is 0.683. The molecule has 98 valence electrons. The molecule has 2 aromatic rings. The van der Waals surface area contributed by atoms with Crippen LogP contribution >= 0.6 is 27.3 Å². The smallest absolute Gasteiger partial charge is 0.298 e. The highest BCUT2D eigenvalue weighted by molar-refractivity contribution is 9.10. The van der Waals surface area contributed by atoms with Gasteiger partial charge in [0.2, 0.25) is 0 Å². The average molecular weight is 346 g/mol. The van der Waals surface area contributed by atoms with E-state index in [1.54, 1.807) is 0 Å². The van der Waals surface area contributed by atoms with Gasteiger partial charge in [-0.1, -0.05) is 6.07 Å². The van der Waals surface area contributed by atoms with Gasteiger partial charge in [0.25, 0.3) is 5.91 Å². The fourth-order valence-electron chi connectivity index (χ4n) is 1.25. The SMILES string of the molecule is O=C(Nc1ncc([N+](=O)[O-])s1)c1cccc(Br)c1F. The number of nitrogens with zero attached hydrogens (tertiary/aromatic N) is 2. The monoisotopic (exact) mass is 345 g/mol. The van der Waals surface area contributed by atoms with Gasteiger partial charge in [-0.05, 0) is 39.4 Å². The van der Waals surface area contributed by atoms with Gasteiger partial charge in [0, 0.05) is 0 Å². The molecule has 0 unspecified atom stereocenters. The highest BCUT2D eigenvalue weighted by Crippen LogP contribution is 2.26. The molecule has 0 aliphatic heterocycles. The number of nitrogens with one attached hydrogen (secondary N) is 1. The van der Waals surface area contributed by atoms with E-state index in [4.69, 9.17) is 0 Å². The first-order valence-electron chi connectivity index (χ1n) is 4.84. The average Bonchev–Trinajstić information content (AvgIpc) is 2.81. The lowest BCUT2D eigenvalue weighted by atomic mass is 10.2. The van der Waals surface area contributed by atoms with E-state index in [1.165, 1.54) is 18.2 Å². The predicted octanol–water partition coefficient (Wildman–Crippen LogP) is 3.21. The van der Waals surface area contributed by atoms with Crippen molar-refractivity contribution in [2.24, 2.45) is 0 Å². The molecule has 2 rings (SSSR count). The first-order valence-corrected chi connectivity index (χ1v) is 6.45. The molecule has 1 amide bonds. The van der Waals surface area contributed by atoms with Crippen molar-refractivity contribution >= 4 is 43.3 Å². The van der Waals surface area contributed by atoms with E-state index >= 15 is 0 Å². The zero-order chi connectivity index (χ0) is 14.0. The molecule has 6 nitrogen and oxygen atoms in total. The third kappa shape index (κ3) is 2.93. The van der Waals surface area contributed by atoms with Crippen molar-refractivity contribution in [1.82, 2.24) is 4.98 Å². The van der Waals surface area contributed by atoms with Crippen LogP contribution in [0.4, 0.5) is 14.5 Å². The van der Waals surface area contributed by atoms with Crippen molar-refractivity contribution in [3.05, 3.63) is 50.4 Å². The number of benzene rings is 1. The van der Waals surface area contributed by atoms with Crippen LogP contribution in [0.15, 0.2) is 28.9 Å². The summed E-state index contributed by atoms with van der Waals surface area (Å²) in [6.45, 7) is 0. The Balaban J connectivity index is 2.21. The lowest BCUT2D eigenvalue weighted by Crippen LogP contribution is -2.13. The van der Waals surface area contributed by atoms with E-state index in [9.17, 15) is 19.3 Å². The maximum Gasteiger partial charge on any atom is 0.345 e. The third-order valence-corrected chi connectivity index (χ3v) is 3.57. The van der Waals surface area contributed by atoms with E-state index in [0.717, 1.165) is 6.20 Å². The summed E-state index contributed by atoms with van der Waals surface area (Å²) in [4.78, 5) is 25.3. The first-order chi connectivity index (χ1) is 8.99. The highest BCUT2D eigenvalue weighted by atomic mass is 79.9. The topological polar surface area (TPSA) is 85.1 Å². The Labute approximate surface area is 118 Å². The number of nitro groups is 1. The maximum absolute atomic E-state index is 13.7. The number of anilines is 1. The summed E-state index contributed by atoms with van der Waals surface area (Å²) in [5.74, 6) is -1.42. The fraction of sp³-hybridized carbons (Fsp3) is 0. The molecular formula is C10H5BrFN3O3S. The van der Waals surface area contributed by atoms with Crippen molar-refractivity contribution in [3.8, 4) is 0 Å². The van der Waals surface area contributed by atoms with Gasteiger partial charge in [0.15, 0.2) is 5.13 Å². The number of thiazole rings is 1. The van der Waals surface area contributed by atoms with Gasteiger partial charge in [-0.15, -0.1) is 0 Å². The second-order valence-electron chi connectivity index (χ2n) is 3.32. The van der Waals surface area contributed by atoms with Crippen LogP contribution in [0.2, 0.25) is 0 Å². The standard InChI is InChI=1S/C10H5BrFN3O3S/c11-6-3-1-2-5(8(6)12)9(16)14-10-13-4-7(19-10)15(17)18/h1-4H,(H,13,14,16). The highest BCUT2D eigenvalue weighted by Gasteiger charge is 2.17. The van der Waals surface area contributed by atoms with Crippen LogP contribution in [0, 0.1) is 15.9 Å². The second-order valence-corrected chi connectivity index (χ2v) is 5.18. The summed E-state index contributed by atoms with van der Waals surface area (Å²) in [5.41, 5.74) is -0.174. The second kappa shape index (κ2) is 5.41. The van der Waals surface area contributed by atoms with Crippen molar-refractivity contribution in [2.75, 3.05) is 5.32 Å². The number of hydrogen-bond acceptors (Lipinski definition) is 5. The Kier molecular flexibility index (Phi) is 3.86. The minimum Gasteiger partial charge on any atom is -0.298 e. The van der Waals surface area contributed by atoms with Crippen molar-refractivity contribution in [1.29, 1.82) is 0 Å². The molecular weight excluding hydrogens is 341 g/mol. The third-order valence-electron chi connectivity index (χ3n) is 2.09. The fourth-order valence-corrected chi connectivity index (χ4v) is 2.24. The normalized spacial score (nSPS) is 10.2. The molecule has 1 aromatic heterocycles. The van der Waals surface area contributed by atoms with Gasteiger partial charge in [0.1, 0.15) is 12.0 Å². The van der Waals surface area contributed by atoms with Crippen LogP contribution in [0.1, 0.15) is 10.4 Å². The van der Waals surface area contributed by atoms with Gasteiger partial charge in [0.05, 0.1) is 15.0 Å². The summed E-state index contributed by atoms with van der Waals surface area (Å²) < 4.78 is 13.8. The summed E-state index contributed by atoms with van der Waals surface area (Å²) >= 11 is 3.66. The zero-order valence-corrected chi connectivity index (χ0v) is 11.5. The van der Waals surface area contributed by atoms with Crippen LogP contribution in [-0.4, -0.2) is 15.8 Å². The van der Waals surface area contributed by atoms with Crippen LogP contribution in [0.25, 0.3) is 0 Å². The zero-order valence-electron chi connectivity index (χ0n) is 9.09. The molecule has 1 N–H and O–H groups in total. The lowest BCUT2D eigenvalue weighted by molar-refractivity contribution is -0.380. The molecule has 19 heavy (non-hydrogen) atoms. The van der Waals surface area contributed by atoms with E-state index in [0.29, 0.717) is 11.3 Å². The molecule has 1 aromatic carbocycles. The molecule has 0 radical (unpaired) electrons. The van der Waals surface area contributed by atoms with E-state index in [-0.39, 0.29) is 20.2 Å². The largest absolute Gasteiger partial charge is 0.345 e. The van der Waals surface area contributed by atoms with Gasteiger partial charge in [-0.25, -0.2) is 9.37 Å². The first kappa shape index (κ1) is 13.6. The molecule has 1 heterocycles. The molecule has 0 aliphatic carbocycles. The van der Waals surface area contributed by atoms with Gasteiger partial charge >= 0.3 is 5.00 Å². The Hall–Kier alpha value is -1.87. The minimum absolute atomic E-state index is 0.0380. The van der Waals surface area contributed by atoms with Gasteiger partial charge < -0.3 is 0 Å². The lowest BCUT2D eigenvalue weighted by Gasteiger charge is -2.03. The number of amides is 1. The molecule has 0 atom stereocenters. The van der Waals surface area contributed by atoms with Crippen LogP contribution in [0.3, 0.4) is 0 Å². The number of rotatable bonds is 3. The van der Waals surface area contributed by atoms with Crippen molar-refractivity contribution in [3.63, 3.8) is 0 Å². The maximum atomic E-state index is 13.7. The van der Waals surface area contributed by atoms with Crippen LogP contribution in [-0.2, 0) is 0 Å². The van der Waals surface area contributed by atoms with Crippen LogP contribution < -0.4 is 5.32 Å². The molecule has 0 spiro atoms. The number of carbonyl (C=O) groups is 1. The minimum atomic E-state index is -0.719. The Morgan fingerprint density at radius 2 is 2.26 bits per heavy atom. The van der Waals surface area contributed by atoms with Crippen molar-refractivity contribution < 1.29 is 14.1 Å². The molecule has 0 saturated carbocycles. The van der Waals surface area contributed by atoms with Gasteiger partial charge in [-0.3, -0.25) is 20.2 Å². The summed E-state index contributed by atoms with van der Waals surface area (Å²) in [6, 6.07) is 4.27. The summed E-state index contributed by atoms with van der Waals surface area (Å²) in [5, 5.41) is 12.6. The van der Waals surface area contributed by atoms with Gasteiger partial charge in [-0.2, -0.15) is 0 Å². The molecule has 0 fully saturated rings.